The SMILES string of the molecule is COCc1cccc(C(=O)N[C@H](CC(N)=O)C(=O)O)c1. The number of primary amides is 1. The number of methoxy groups -OCH3 is 1. The van der Waals surface area contributed by atoms with Gasteiger partial charge in [0.15, 0.2) is 0 Å². The molecule has 1 aromatic rings. The molecule has 7 heteroatoms. The molecule has 0 spiro atoms. The van der Waals surface area contributed by atoms with Crippen LogP contribution in [-0.4, -0.2) is 36.0 Å². The van der Waals surface area contributed by atoms with Gasteiger partial charge in [-0.3, -0.25) is 9.59 Å². The lowest BCUT2D eigenvalue weighted by atomic mass is 10.1. The lowest BCUT2D eigenvalue weighted by Gasteiger charge is -2.13. The Morgan fingerprint density at radius 1 is 1.40 bits per heavy atom. The van der Waals surface area contributed by atoms with Crippen LogP contribution < -0.4 is 11.1 Å². The minimum Gasteiger partial charge on any atom is -0.480 e. The van der Waals surface area contributed by atoms with E-state index in [0.717, 1.165) is 5.56 Å². The number of carbonyl (C=O) groups is 3. The van der Waals surface area contributed by atoms with E-state index in [9.17, 15) is 14.4 Å². The molecule has 0 radical (unpaired) electrons. The molecular formula is C13H16N2O5. The van der Waals surface area contributed by atoms with Crippen LogP contribution in [0.4, 0.5) is 0 Å². The second-order valence-electron chi connectivity index (χ2n) is 4.17. The minimum atomic E-state index is -1.34. The Morgan fingerprint density at radius 3 is 2.65 bits per heavy atom. The van der Waals surface area contributed by atoms with Gasteiger partial charge >= 0.3 is 5.97 Å². The molecular weight excluding hydrogens is 264 g/mol. The van der Waals surface area contributed by atoms with Crippen LogP contribution in [0.5, 0.6) is 0 Å². The van der Waals surface area contributed by atoms with Gasteiger partial charge in [0.2, 0.25) is 5.91 Å². The van der Waals surface area contributed by atoms with Gasteiger partial charge in [0, 0.05) is 12.7 Å². The molecule has 1 atom stereocenters. The molecule has 1 aromatic carbocycles. The summed E-state index contributed by atoms with van der Waals surface area (Å²) >= 11 is 0. The van der Waals surface area contributed by atoms with Gasteiger partial charge in [-0.05, 0) is 17.7 Å². The predicted octanol–water partition coefficient (Wildman–Crippen LogP) is -0.109. The number of ether oxygens (including phenoxy) is 1. The first kappa shape index (κ1) is 15.6. The van der Waals surface area contributed by atoms with Gasteiger partial charge in [0.1, 0.15) is 6.04 Å². The number of nitrogens with one attached hydrogen (secondary N) is 1. The number of aliphatic carboxylic acids is 1. The Labute approximate surface area is 115 Å². The summed E-state index contributed by atoms with van der Waals surface area (Å²) in [6, 6.07) is 5.22. The van der Waals surface area contributed by atoms with Crippen LogP contribution in [0.2, 0.25) is 0 Å². The second kappa shape index (κ2) is 7.25. The van der Waals surface area contributed by atoms with Crippen molar-refractivity contribution in [2.24, 2.45) is 5.73 Å². The maximum absolute atomic E-state index is 11.9. The number of carboxylic acid groups (broad SMARTS) is 1. The van der Waals surface area contributed by atoms with Gasteiger partial charge in [-0.1, -0.05) is 12.1 Å². The summed E-state index contributed by atoms with van der Waals surface area (Å²) in [5.74, 6) is -2.70. The van der Waals surface area contributed by atoms with Crippen molar-refractivity contribution in [2.45, 2.75) is 19.1 Å². The van der Waals surface area contributed by atoms with E-state index in [1.165, 1.54) is 13.2 Å². The summed E-state index contributed by atoms with van der Waals surface area (Å²) in [5, 5.41) is 11.2. The van der Waals surface area contributed by atoms with Crippen LogP contribution in [0.1, 0.15) is 22.3 Å². The third-order valence-electron chi connectivity index (χ3n) is 2.51. The smallest absolute Gasteiger partial charge is 0.326 e. The molecule has 0 saturated carbocycles. The third-order valence-corrected chi connectivity index (χ3v) is 2.51. The molecule has 0 aliphatic rings. The number of carbonyl (C=O) groups excluding carboxylic acids is 2. The largest absolute Gasteiger partial charge is 0.480 e. The average molecular weight is 280 g/mol. The summed E-state index contributed by atoms with van der Waals surface area (Å²) in [6.07, 6.45) is -0.459. The molecule has 1 rings (SSSR count). The number of nitrogens with two attached hydrogens (primary N) is 1. The molecule has 0 fully saturated rings. The van der Waals surface area contributed by atoms with Crippen molar-refractivity contribution >= 4 is 17.8 Å². The first-order valence-corrected chi connectivity index (χ1v) is 5.84. The van der Waals surface area contributed by atoms with Crippen molar-refractivity contribution in [2.75, 3.05) is 7.11 Å². The number of carboxylic acids is 1. The van der Waals surface area contributed by atoms with E-state index < -0.39 is 30.2 Å². The maximum Gasteiger partial charge on any atom is 0.326 e. The van der Waals surface area contributed by atoms with Crippen molar-refractivity contribution in [3.63, 3.8) is 0 Å². The summed E-state index contributed by atoms with van der Waals surface area (Å²) in [6.45, 7) is 0.338. The fourth-order valence-electron chi connectivity index (χ4n) is 1.61. The van der Waals surface area contributed by atoms with E-state index in [1.807, 2.05) is 0 Å². The zero-order valence-electron chi connectivity index (χ0n) is 11.0. The molecule has 108 valence electrons. The van der Waals surface area contributed by atoms with Gasteiger partial charge in [-0.25, -0.2) is 4.79 Å². The Hall–Kier alpha value is -2.41. The van der Waals surface area contributed by atoms with Gasteiger partial charge in [-0.2, -0.15) is 0 Å². The monoisotopic (exact) mass is 280 g/mol. The standard InChI is InChI=1S/C13H16N2O5/c1-20-7-8-3-2-4-9(5-8)12(17)15-10(13(18)19)6-11(14)16/h2-5,10H,6-7H2,1H3,(H2,14,16)(H,15,17)(H,18,19)/t10-/m1/s1. The number of hydrogen-bond acceptors (Lipinski definition) is 4. The normalized spacial score (nSPS) is 11.7. The van der Waals surface area contributed by atoms with Gasteiger partial charge in [0.25, 0.3) is 5.91 Å². The minimum absolute atomic E-state index is 0.287. The molecule has 0 unspecified atom stereocenters. The van der Waals surface area contributed by atoms with E-state index in [2.05, 4.69) is 5.32 Å². The highest BCUT2D eigenvalue weighted by Gasteiger charge is 2.22. The highest BCUT2D eigenvalue weighted by atomic mass is 16.5. The highest BCUT2D eigenvalue weighted by Crippen LogP contribution is 2.07. The fourth-order valence-corrected chi connectivity index (χ4v) is 1.61. The Kier molecular flexibility index (Phi) is 5.67. The summed E-state index contributed by atoms with van der Waals surface area (Å²) < 4.78 is 4.95. The van der Waals surface area contributed by atoms with E-state index in [0.29, 0.717) is 6.61 Å². The van der Waals surface area contributed by atoms with E-state index in [-0.39, 0.29) is 5.56 Å². The summed E-state index contributed by atoms with van der Waals surface area (Å²) in [5.41, 5.74) is 6.01. The zero-order valence-corrected chi connectivity index (χ0v) is 11.0. The van der Waals surface area contributed by atoms with E-state index in [4.69, 9.17) is 15.6 Å². The molecule has 0 aliphatic carbocycles. The van der Waals surface area contributed by atoms with Gasteiger partial charge < -0.3 is 20.9 Å². The van der Waals surface area contributed by atoms with Crippen molar-refractivity contribution < 1.29 is 24.2 Å². The molecule has 0 bridgehead atoms. The molecule has 7 nitrogen and oxygen atoms in total. The molecule has 20 heavy (non-hydrogen) atoms. The molecule has 0 heterocycles. The number of hydrogen-bond donors (Lipinski definition) is 3. The maximum atomic E-state index is 11.9. The molecule has 2 amide bonds. The van der Waals surface area contributed by atoms with Crippen molar-refractivity contribution in [3.8, 4) is 0 Å². The Morgan fingerprint density at radius 2 is 2.10 bits per heavy atom. The van der Waals surface area contributed by atoms with Crippen LogP contribution in [0, 0.1) is 0 Å². The third kappa shape index (κ3) is 4.69. The number of amides is 2. The molecule has 4 N–H and O–H groups in total. The average Bonchev–Trinajstić information content (AvgIpc) is 2.38. The number of benzene rings is 1. The molecule has 0 aliphatic heterocycles. The lowest BCUT2D eigenvalue weighted by Crippen LogP contribution is -2.43. The zero-order chi connectivity index (χ0) is 15.1. The van der Waals surface area contributed by atoms with Crippen LogP contribution >= 0.6 is 0 Å². The van der Waals surface area contributed by atoms with Crippen LogP contribution in [-0.2, 0) is 20.9 Å². The summed E-state index contributed by atoms with van der Waals surface area (Å²) in [7, 11) is 1.53. The highest BCUT2D eigenvalue weighted by molar-refractivity contribution is 5.97. The lowest BCUT2D eigenvalue weighted by molar-refractivity contribution is -0.140. The fraction of sp³-hybridized carbons (Fsp3) is 0.308. The van der Waals surface area contributed by atoms with E-state index >= 15 is 0 Å². The quantitative estimate of drug-likeness (QED) is 0.644. The van der Waals surface area contributed by atoms with Crippen molar-refractivity contribution in [1.29, 1.82) is 0 Å². The first-order valence-electron chi connectivity index (χ1n) is 5.84. The van der Waals surface area contributed by atoms with Crippen LogP contribution in [0.3, 0.4) is 0 Å². The second-order valence-corrected chi connectivity index (χ2v) is 4.17. The van der Waals surface area contributed by atoms with Crippen LogP contribution in [0.25, 0.3) is 0 Å². The Bertz CT molecular complexity index is 515. The molecule has 0 saturated heterocycles. The van der Waals surface area contributed by atoms with Crippen molar-refractivity contribution in [3.05, 3.63) is 35.4 Å². The molecule has 0 aromatic heterocycles. The van der Waals surface area contributed by atoms with Gasteiger partial charge in [-0.15, -0.1) is 0 Å². The van der Waals surface area contributed by atoms with Crippen LogP contribution in [0.15, 0.2) is 24.3 Å². The van der Waals surface area contributed by atoms with Gasteiger partial charge in [0.05, 0.1) is 13.0 Å². The summed E-state index contributed by atoms with van der Waals surface area (Å²) in [4.78, 5) is 33.6. The number of rotatable bonds is 7. The van der Waals surface area contributed by atoms with E-state index in [1.54, 1.807) is 18.2 Å². The van der Waals surface area contributed by atoms with Crippen molar-refractivity contribution in [1.82, 2.24) is 5.32 Å². The topological polar surface area (TPSA) is 119 Å². The predicted molar refractivity (Wildman–Crippen MR) is 69.9 cm³/mol. The Balaban J connectivity index is 2.80. The first-order chi connectivity index (χ1) is 9.43.